The van der Waals surface area contributed by atoms with Gasteiger partial charge in [-0.25, -0.2) is 0 Å². The summed E-state index contributed by atoms with van der Waals surface area (Å²) in [5.74, 6) is -0.709. The smallest absolute Gasteiger partial charge is 0.303 e. The Labute approximate surface area is 179 Å². The molecule has 0 saturated carbocycles. The molecule has 4 N–H and O–H groups in total. The van der Waals surface area contributed by atoms with Crippen LogP contribution in [0.15, 0.2) is 12.2 Å². The molecular weight excluding hydrogens is 368 g/mol. The predicted octanol–water partition coefficient (Wildman–Crippen LogP) is 5.47. The molecule has 0 radical (unpaired) electrons. The second-order valence-corrected chi connectivity index (χ2v) is 7.83. The molecule has 174 valence electrons. The monoisotopic (exact) mass is 416 g/mol. The van der Waals surface area contributed by atoms with E-state index < -0.39 is 5.97 Å². The van der Waals surface area contributed by atoms with Crippen molar-refractivity contribution in [1.82, 2.24) is 0 Å². The molecule has 0 aliphatic heterocycles. The first-order valence-electron chi connectivity index (χ1n) is 11.8. The van der Waals surface area contributed by atoms with E-state index in [4.69, 9.17) is 20.4 Å². The minimum Gasteiger partial charge on any atom is -0.481 e. The van der Waals surface area contributed by atoms with Crippen LogP contribution in [-0.4, -0.2) is 46.2 Å². The molecule has 0 fully saturated rings. The summed E-state index contributed by atoms with van der Waals surface area (Å²) in [6.45, 7) is 2.42. The first kappa shape index (κ1) is 30.3. The average Bonchev–Trinajstić information content (AvgIpc) is 2.72. The van der Waals surface area contributed by atoms with Gasteiger partial charge in [-0.1, -0.05) is 70.4 Å². The highest BCUT2D eigenvalue weighted by molar-refractivity contribution is 5.66. The third kappa shape index (κ3) is 29.4. The number of aliphatic hydroxyl groups is 3. The fourth-order valence-electron chi connectivity index (χ4n) is 2.97. The Bertz CT molecular complexity index is 340. The Morgan fingerprint density at radius 2 is 1.21 bits per heavy atom. The molecule has 5 heteroatoms. The lowest BCUT2D eigenvalue weighted by Crippen LogP contribution is -2.11. The lowest BCUT2D eigenvalue weighted by molar-refractivity contribution is -0.137. The molecule has 5 nitrogen and oxygen atoms in total. The van der Waals surface area contributed by atoms with Gasteiger partial charge in [0.1, 0.15) is 0 Å². The van der Waals surface area contributed by atoms with E-state index in [1.807, 2.05) is 0 Å². The number of hydrogen-bond acceptors (Lipinski definition) is 4. The Balaban J connectivity index is 0. The van der Waals surface area contributed by atoms with Crippen LogP contribution in [0, 0.1) is 5.92 Å². The number of carboxylic acid groups (broad SMARTS) is 1. The number of aliphatic carboxylic acids is 1. The third-order valence-corrected chi connectivity index (χ3v) is 4.94. The van der Waals surface area contributed by atoms with Gasteiger partial charge < -0.3 is 20.4 Å². The van der Waals surface area contributed by atoms with Crippen molar-refractivity contribution >= 4 is 5.97 Å². The number of aliphatic hydroxyl groups excluding tert-OH is 3. The first-order chi connectivity index (χ1) is 14.1. The van der Waals surface area contributed by atoms with Gasteiger partial charge in [0.05, 0.1) is 0 Å². The van der Waals surface area contributed by atoms with Crippen molar-refractivity contribution in [3.63, 3.8) is 0 Å². The maximum atomic E-state index is 10.3. The fourth-order valence-corrected chi connectivity index (χ4v) is 2.97. The molecule has 0 aromatic heterocycles. The van der Waals surface area contributed by atoms with E-state index in [0.29, 0.717) is 19.3 Å². The van der Waals surface area contributed by atoms with Crippen LogP contribution in [0.5, 0.6) is 0 Å². The number of carboxylic acids is 1. The van der Waals surface area contributed by atoms with Gasteiger partial charge in [-0.15, -0.1) is 0 Å². The van der Waals surface area contributed by atoms with Gasteiger partial charge in [-0.3, -0.25) is 4.79 Å². The van der Waals surface area contributed by atoms with Gasteiger partial charge in [-0.2, -0.15) is 0 Å². The maximum Gasteiger partial charge on any atom is 0.303 e. The average molecular weight is 417 g/mol. The molecule has 0 unspecified atom stereocenters. The standard InChI is InChI=1S/C18H34O2.C6H14O3/c1-2-3-4-5-6-7-8-9-10-11-12-13-14-15-16-17-18(19)20;7-3-1-2-6(4-8)5-9/h9-10H,2-8,11-17H2,1H3,(H,19,20);6-9H,1-5H2. The molecule has 0 atom stereocenters. The zero-order chi connectivity index (χ0) is 22.0. The minimum absolute atomic E-state index is 0.0104. The largest absolute Gasteiger partial charge is 0.481 e. The number of rotatable bonds is 20. The molecule has 0 aliphatic rings. The predicted molar refractivity (Wildman–Crippen MR) is 121 cm³/mol. The second-order valence-electron chi connectivity index (χ2n) is 7.83. The van der Waals surface area contributed by atoms with Gasteiger partial charge in [0.2, 0.25) is 0 Å². The highest BCUT2D eigenvalue weighted by Crippen LogP contribution is 2.09. The Morgan fingerprint density at radius 3 is 1.66 bits per heavy atom. The van der Waals surface area contributed by atoms with E-state index in [1.165, 1.54) is 70.6 Å². The van der Waals surface area contributed by atoms with E-state index >= 15 is 0 Å². The molecule has 0 aliphatic carbocycles. The van der Waals surface area contributed by atoms with Gasteiger partial charge in [-0.05, 0) is 44.9 Å². The van der Waals surface area contributed by atoms with Crippen LogP contribution in [0.2, 0.25) is 0 Å². The molecule has 0 aromatic rings. The molecule has 0 aromatic carbocycles. The summed E-state index contributed by atoms with van der Waals surface area (Å²) in [6.07, 6.45) is 22.6. The SMILES string of the molecule is CCCCCCCCC=CCCCCCCCC(=O)O.OCCCC(CO)CO. The van der Waals surface area contributed by atoms with E-state index in [9.17, 15) is 4.79 Å². The zero-order valence-corrected chi connectivity index (χ0v) is 18.9. The van der Waals surface area contributed by atoms with E-state index in [-0.39, 0.29) is 25.7 Å². The first-order valence-corrected chi connectivity index (χ1v) is 11.8. The zero-order valence-electron chi connectivity index (χ0n) is 18.9. The van der Waals surface area contributed by atoms with Crippen LogP contribution in [0.3, 0.4) is 0 Å². The Kier molecular flexibility index (Phi) is 28.3. The molecule has 0 rings (SSSR count). The lowest BCUT2D eigenvalue weighted by Gasteiger charge is -2.07. The summed E-state index contributed by atoms with van der Waals surface area (Å²) in [5.41, 5.74) is 0. The molecule has 0 bridgehead atoms. The highest BCUT2D eigenvalue weighted by atomic mass is 16.4. The number of carbonyl (C=O) groups is 1. The Hall–Kier alpha value is -0.910. The van der Waals surface area contributed by atoms with E-state index in [1.54, 1.807) is 0 Å². The number of hydrogen-bond donors (Lipinski definition) is 4. The van der Waals surface area contributed by atoms with Gasteiger partial charge >= 0.3 is 5.97 Å². The summed E-state index contributed by atoms with van der Waals surface area (Å²) >= 11 is 0. The van der Waals surface area contributed by atoms with Crippen LogP contribution >= 0.6 is 0 Å². The summed E-state index contributed by atoms with van der Waals surface area (Å²) in [7, 11) is 0. The third-order valence-electron chi connectivity index (χ3n) is 4.94. The van der Waals surface area contributed by atoms with Crippen LogP contribution in [-0.2, 0) is 4.79 Å². The minimum atomic E-state index is -0.664. The van der Waals surface area contributed by atoms with Crippen molar-refractivity contribution < 1.29 is 25.2 Å². The topological polar surface area (TPSA) is 98.0 Å². The van der Waals surface area contributed by atoms with Gasteiger partial charge in [0, 0.05) is 32.2 Å². The van der Waals surface area contributed by atoms with Crippen LogP contribution < -0.4 is 0 Å². The van der Waals surface area contributed by atoms with Crippen molar-refractivity contribution in [2.45, 2.75) is 110 Å². The molecule has 0 saturated heterocycles. The van der Waals surface area contributed by atoms with Gasteiger partial charge in [0.25, 0.3) is 0 Å². The van der Waals surface area contributed by atoms with Gasteiger partial charge in [0.15, 0.2) is 0 Å². The summed E-state index contributed by atoms with van der Waals surface area (Å²) in [6, 6.07) is 0. The van der Waals surface area contributed by atoms with Crippen molar-refractivity contribution in [1.29, 1.82) is 0 Å². The molecule has 0 amide bonds. The lowest BCUT2D eigenvalue weighted by atomic mass is 10.1. The van der Waals surface area contributed by atoms with Crippen LogP contribution in [0.25, 0.3) is 0 Å². The Morgan fingerprint density at radius 1 is 0.724 bits per heavy atom. The molecule has 0 heterocycles. The molecular formula is C24H48O5. The van der Waals surface area contributed by atoms with E-state index in [2.05, 4.69) is 19.1 Å². The highest BCUT2D eigenvalue weighted by Gasteiger charge is 2.03. The van der Waals surface area contributed by atoms with E-state index in [0.717, 1.165) is 12.8 Å². The second kappa shape index (κ2) is 27.1. The normalized spacial score (nSPS) is 11.1. The fraction of sp³-hybridized carbons (Fsp3) is 0.875. The van der Waals surface area contributed by atoms with Crippen molar-refractivity contribution in [2.24, 2.45) is 5.92 Å². The van der Waals surface area contributed by atoms with Crippen LogP contribution in [0.4, 0.5) is 0 Å². The quantitative estimate of drug-likeness (QED) is 0.156. The summed E-state index contributed by atoms with van der Waals surface area (Å²) in [5, 5.41) is 33.9. The number of allylic oxidation sites excluding steroid dienone is 2. The summed E-state index contributed by atoms with van der Waals surface area (Å²) < 4.78 is 0. The van der Waals surface area contributed by atoms with Crippen molar-refractivity contribution in [3.05, 3.63) is 12.2 Å². The molecule has 0 spiro atoms. The van der Waals surface area contributed by atoms with Crippen molar-refractivity contribution in [3.8, 4) is 0 Å². The van der Waals surface area contributed by atoms with Crippen molar-refractivity contribution in [2.75, 3.05) is 19.8 Å². The number of unbranched alkanes of at least 4 members (excludes halogenated alkanes) is 11. The molecule has 29 heavy (non-hydrogen) atoms. The summed E-state index contributed by atoms with van der Waals surface area (Å²) in [4.78, 5) is 10.3. The van der Waals surface area contributed by atoms with Crippen LogP contribution in [0.1, 0.15) is 110 Å². The maximum absolute atomic E-state index is 10.3.